The summed E-state index contributed by atoms with van der Waals surface area (Å²) in [4.78, 5) is 24.7. The van der Waals surface area contributed by atoms with Crippen molar-refractivity contribution in [2.75, 3.05) is 18.9 Å². The van der Waals surface area contributed by atoms with Crippen LogP contribution in [0.4, 0.5) is 5.69 Å². The van der Waals surface area contributed by atoms with Crippen molar-refractivity contribution in [2.45, 2.75) is 32.9 Å². The molecule has 0 aliphatic heterocycles. The van der Waals surface area contributed by atoms with Gasteiger partial charge in [0.1, 0.15) is 0 Å². The summed E-state index contributed by atoms with van der Waals surface area (Å²) in [5.41, 5.74) is 0.745. The molecule has 1 aromatic carbocycles. The van der Waals surface area contributed by atoms with E-state index in [2.05, 4.69) is 26.6 Å². The van der Waals surface area contributed by atoms with Crippen LogP contribution in [0.25, 0.3) is 0 Å². The molecule has 1 rings (SSSR count). The lowest BCUT2D eigenvalue weighted by molar-refractivity contribution is -0.885. The van der Waals surface area contributed by atoms with E-state index in [1.54, 1.807) is 0 Å². The third kappa shape index (κ3) is 6.27. The molecule has 5 nitrogen and oxygen atoms in total. The Balaban J connectivity index is 2.53. The largest absolute Gasteiger partial charge is 0.349 e. The van der Waals surface area contributed by atoms with Crippen molar-refractivity contribution in [2.24, 2.45) is 0 Å². The van der Waals surface area contributed by atoms with Gasteiger partial charge in [-0.15, -0.1) is 0 Å². The second kappa shape index (κ2) is 8.14. The zero-order chi connectivity index (χ0) is 16.0. The fourth-order valence-corrected chi connectivity index (χ4v) is 2.05. The number of nitrogens with one attached hydrogen (secondary N) is 3. The SMILES string of the molecule is CC(C)NC(=O)C[NH+](C)[C@@H](C)C(=O)Nc1ccc(Br)cc1. The molecule has 6 heteroatoms. The maximum atomic E-state index is 12.2. The van der Waals surface area contributed by atoms with Crippen LogP contribution in [-0.4, -0.2) is 37.5 Å². The molecule has 2 amide bonds. The van der Waals surface area contributed by atoms with Crippen LogP contribution in [-0.2, 0) is 9.59 Å². The van der Waals surface area contributed by atoms with Crippen molar-refractivity contribution < 1.29 is 14.5 Å². The molecule has 0 aromatic heterocycles. The lowest BCUT2D eigenvalue weighted by atomic mass is 10.2. The van der Waals surface area contributed by atoms with Crippen molar-refractivity contribution in [1.29, 1.82) is 0 Å². The summed E-state index contributed by atoms with van der Waals surface area (Å²) < 4.78 is 0.960. The predicted molar refractivity (Wildman–Crippen MR) is 87.3 cm³/mol. The molecule has 0 saturated heterocycles. The molecule has 0 aliphatic carbocycles. The average Bonchev–Trinajstić information content (AvgIpc) is 2.39. The lowest BCUT2D eigenvalue weighted by Gasteiger charge is -2.21. The number of halogens is 1. The smallest absolute Gasteiger partial charge is 0.282 e. The molecule has 2 atom stereocenters. The molecular formula is C15H23BrN3O2+. The summed E-state index contributed by atoms with van der Waals surface area (Å²) in [6.07, 6.45) is 0. The van der Waals surface area contributed by atoms with Gasteiger partial charge in [-0.05, 0) is 45.0 Å². The number of amides is 2. The van der Waals surface area contributed by atoms with E-state index in [4.69, 9.17) is 0 Å². The van der Waals surface area contributed by atoms with E-state index in [-0.39, 0.29) is 30.4 Å². The minimum Gasteiger partial charge on any atom is -0.349 e. The number of quaternary nitrogens is 1. The first-order chi connectivity index (χ1) is 9.79. The summed E-state index contributed by atoms with van der Waals surface area (Å²) in [6.45, 7) is 5.91. The molecular weight excluding hydrogens is 334 g/mol. The number of likely N-dealkylation sites (N-methyl/N-ethyl adjacent to an activating group) is 1. The van der Waals surface area contributed by atoms with E-state index >= 15 is 0 Å². The number of carbonyl (C=O) groups is 2. The molecule has 1 aromatic rings. The first kappa shape index (κ1) is 17.7. The molecule has 0 radical (unpaired) electrons. The Kier molecular flexibility index (Phi) is 6.84. The van der Waals surface area contributed by atoms with Crippen molar-refractivity contribution in [3.8, 4) is 0 Å². The highest BCUT2D eigenvalue weighted by Gasteiger charge is 2.24. The summed E-state index contributed by atoms with van der Waals surface area (Å²) >= 11 is 3.35. The molecule has 0 saturated carbocycles. The van der Waals surface area contributed by atoms with E-state index in [1.807, 2.05) is 52.1 Å². The Morgan fingerprint density at radius 1 is 1.19 bits per heavy atom. The topological polar surface area (TPSA) is 62.6 Å². The number of hydrogen-bond acceptors (Lipinski definition) is 2. The van der Waals surface area contributed by atoms with Crippen LogP contribution >= 0.6 is 15.9 Å². The summed E-state index contributed by atoms with van der Waals surface area (Å²) in [5.74, 6) is -0.155. The normalized spacial score (nSPS) is 13.6. The van der Waals surface area contributed by atoms with Gasteiger partial charge in [-0.25, -0.2) is 0 Å². The van der Waals surface area contributed by atoms with Gasteiger partial charge < -0.3 is 15.5 Å². The molecule has 0 fully saturated rings. The maximum Gasteiger partial charge on any atom is 0.282 e. The first-order valence-corrected chi connectivity index (χ1v) is 7.77. The highest BCUT2D eigenvalue weighted by atomic mass is 79.9. The van der Waals surface area contributed by atoms with Gasteiger partial charge in [-0.3, -0.25) is 9.59 Å². The van der Waals surface area contributed by atoms with Crippen molar-refractivity contribution in [3.63, 3.8) is 0 Å². The number of carbonyl (C=O) groups excluding carboxylic acids is 2. The van der Waals surface area contributed by atoms with Crippen LogP contribution in [0.3, 0.4) is 0 Å². The summed E-state index contributed by atoms with van der Waals surface area (Å²) in [5, 5.41) is 5.68. The standard InChI is InChI=1S/C15H22BrN3O2/c1-10(2)17-14(20)9-19(4)11(3)15(21)18-13-7-5-12(16)6-8-13/h5-8,10-11H,9H2,1-4H3,(H,17,20)(H,18,21)/p+1/t11-/m0/s1. The zero-order valence-electron chi connectivity index (χ0n) is 12.9. The van der Waals surface area contributed by atoms with Gasteiger partial charge in [0.05, 0.1) is 7.05 Å². The number of anilines is 1. The first-order valence-electron chi connectivity index (χ1n) is 6.97. The van der Waals surface area contributed by atoms with Crippen LogP contribution in [0.2, 0.25) is 0 Å². The minimum absolute atomic E-state index is 0.0502. The van der Waals surface area contributed by atoms with Gasteiger partial charge in [0.15, 0.2) is 12.6 Å². The Labute approximate surface area is 134 Å². The second-order valence-electron chi connectivity index (χ2n) is 5.46. The van der Waals surface area contributed by atoms with Crippen LogP contribution in [0.15, 0.2) is 28.7 Å². The molecule has 0 aliphatic rings. The van der Waals surface area contributed by atoms with Gasteiger partial charge in [-0.1, -0.05) is 15.9 Å². The lowest BCUT2D eigenvalue weighted by Crippen LogP contribution is -3.15. The van der Waals surface area contributed by atoms with Crippen molar-refractivity contribution >= 4 is 33.4 Å². The molecule has 1 unspecified atom stereocenters. The Morgan fingerprint density at radius 2 is 1.76 bits per heavy atom. The highest BCUT2D eigenvalue weighted by Crippen LogP contribution is 2.13. The summed E-state index contributed by atoms with van der Waals surface area (Å²) in [7, 11) is 1.84. The zero-order valence-corrected chi connectivity index (χ0v) is 14.5. The fraction of sp³-hybridized carbons (Fsp3) is 0.467. The van der Waals surface area contributed by atoms with E-state index in [9.17, 15) is 9.59 Å². The average molecular weight is 357 g/mol. The van der Waals surface area contributed by atoms with E-state index in [0.717, 1.165) is 15.1 Å². The quantitative estimate of drug-likeness (QED) is 0.706. The Bertz CT molecular complexity index is 488. The summed E-state index contributed by atoms with van der Waals surface area (Å²) in [6, 6.07) is 7.19. The van der Waals surface area contributed by atoms with E-state index in [0.29, 0.717) is 0 Å². The van der Waals surface area contributed by atoms with Gasteiger partial charge in [-0.2, -0.15) is 0 Å². The van der Waals surface area contributed by atoms with E-state index < -0.39 is 0 Å². The molecule has 0 heterocycles. The third-order valence-electron chi connectivity index (χ3n) is 3.13. The van der Waals surface area contributed by atoms with Gasteiger partial charge in [0, 0.05) is 16.2 Å². The molecule has 0 spiro atoms. The minimum atomic E-state index is -0.313. The fourth-order valence-electron chi connectivity index (χ4n) is 1.79. The van der Waals surface area contributed by atoms with Crippen LogP contribution in [0.5, 0.6) is 0 Å². The van der Waals surface area contributed by atoms with Gasteiger partial charge in [0.25, 0.3) is 11.8 Å². The van der Waals surface area contributed by atoms with Gasteiger partial charge >= 0.3 is 0 Å². The monoisotopic (exact) mass is 356 g/mol. The molecule has 116 valence electrons. The number of hydrogen-bond donors (Lipinski definition) is 3. The van der Waals surface area contributed by atoms with Crippen molar-refractivity contribution in [1.82, 2.24) is 5.32 Å². The molecule has 21 heavy (non-hydrogen) atoms. The van der Waals surface area contributed by atoms with Crippen LogP contribution < -0.4 is 15.5 Å². The predicted octanol–water partition coefficient (Wildman–Crippen LogP) is 0.815. The molecule has 3 N–H and O–H groups in total. The molecule has 0 bridgehead atoms. The number of benzene rings is 1. The van der Waals surface area contributed by atoms with Crippen LogP contribution in [0, 0.1) is 0 Å². The highest BCUT2D eigenvalue weighted by molar-refractivity contribution is 9.10. The van der Waals surface area contributed by atoms with Gasteiger partial charge in [0.2, 0.25) is 0 Å². The third-order valence-corrected chi connectivity index (χ3v) is 3.66. The van der Waals surface area contributed by atoms with Crippen molar-refractivity contribution in [3.05, 3.63) is 28.7 Å². The van der Waals surface area contributed by atoms with Crippen LogP contribution in [0.1, 0.15) is 20.8 Å². The number of rotatable bonds is 6. The Hall–Kier alpha value is -1.40. The Morgan fingerprint density at radius 3 is 2.29 bits per heavy atom. The maximum absolute atomic E-state index is 12.2. The van der Waals surface area contributed by atoms with E-state index in [1.165, 1.54) is 0 Å². The second-order valence-corrected chi connectivity index (χ2v) is 6.38.